The van der Waals surface area contributed by atoms with Crippen LogP contribution in [-0.4, -0.2) is 16.8 Å². The third-order valence-corrected chi connectivity index (χ3v) is 3.42. The minimum absolute atomic E-state index is 0.236. The van der Waals surface area contributed by atoms with Crippen LogP contribution < -0.4 is 0 Å². The maximum atomic E-state index is 10.8. The molecule has 2 aliphatic rings. The summed E-state index contributed by atoms with van der Waals surface area (Å²) in [6.45, 7) is 0. The summed E-state index contributed by atoms with van der Waals surface area (Å²) in [5.41, 5.74) is 1.15. The lowest BCUT2D eigenvalue weighted by molar-refractivity contribution is -0.140. The molecule has 0 aromatic carbocycles. The first-order chi connectivity index (χ1) is 5.79. The molecular weight excluding hydrogens is 172 g/mol. The summed E-state index contributed by atoms with van der Waals surface area (Å²) in [5.74, 6) is 0.146. The van der Waals surface area contributed by atoms with E-state index in [4.69, 9.17) is 5.11 Å². The van der Waals surface area contributed by atoms with Gasteiger partial charge in [-0.05, 0) is 18.4 Å². The number of hydrogen-bond donors (Lipinski definition) is 1. The van der Waals surface area contributed by atoms with Crippen molar-refractivity contribution < 1.29 is 9.90 Å². The summed E-state index contributed by atoms with van der Waals surface area (Å²) in [7, 11) is 0. The average molecular weight is 182 g/mol. The highest BCUT2D eigenvalue weighted by Gasteiger charge is 2.28. The SMILES string of the molecule is O=C(O)C1CC=CC2=C1CCS2. The predicted molar refractivity (Wildman–Crippen MR) is 49.0 cm³/mol. The average Bonchev–Trinajstić information content (AvgIpc) is 2.49. The molecule has 0 saturated heterocycles. The Bertz CT molecular complexity index is 278. The second-order valence-electron chi connectivity index (χ2n) is 3.02. The summed E-state index contributed by atoms with van der Waals surface area (Å²) >= 11 is 1.78. The van der Waals surface area contributed by atoms with Gasteiger partial charge >= 0.3 is 5.97 Å². The minimum Gasteiger partial charge on any atom is -0.481 e. The van der Waals surface area contributed by atoms with Crippen molar-refractivity contribution in [2.24, 2.45) is 5.92 Å². The quantitative estimate of drug-likeness (QED) is 0.674. The van der Waals surface area contributed by atoms with E-state index in [0.29, 0.717) is 6.42 Å². The predicted octanol–water partition coefficient (Wildman–Crippen LogP) is 2.04. The maximum Gasteiger partial charge on any atom is 0.310 e. The van der Waals surface area contributed by atoms with E-state index in [2.05, 4.69) is 6.08 Å². The van der Waals surface area contributed by atoms with Crippen LogP contribution >= 0.6 is 11.8 Å². The molecule has 1 unspecified atom stereocenters. The van der Waals surface area contributed by atoms with E-state index in [9.17, 15) is 4.79 Å². The molecule has 2 rings (SSSR count). The fraction of sp³-hybridized carbons (Fsp3) is 0.444. The zero-order valence-electron chi connectivity index (χ0n) is 6.62. The second-order valence-corrected chi connectivity index (χ2v) is 4.15. The molecule has 1 N–H and O–H groups in total. The second kappa shape index (κ2) is 2.98. The van der Waals surface area contributed by atoms with Crippen molar-refractivity contribution in [3.05, 3.63) is 22.6 Å². The molecule has 0 aromatic heterocycles. The first-order valence-electron chi connectivity index (χ1n) is 4.04. The van der Waals surface area contributed by atoms with Crippen LogP contribution in [0, 0.1) is 5.92 Å². The van der Waals surface area contributed by atoms with Crippen LogP contribution in [0.1, 0.15) is 12.8 Å². The molecular formula is C9H10O2S. The van der Waals surface area contributed by atoms with E-state index in [1.165, 1.54) is 4.91 Å². The largest absolute Gasteiger partial charge is 0.481 e. The molecule has 0 spiro atoms. The van der Waals surface area contributed by atoms with Crippen molar-refractivity contribution in [2.75, 3.05) is 5.75 Å². The van der Waals surface area contributed by atoms with Crippen molar-refractivity contribution in [1.82, 2.24) is 0 Å². The van der Waals surface area contributed by atoms with Gasteiger partial charge in [0.15, 0.2) is 0 Å². The molecule has 0 radical (unpaired) electrons. The van der Waals surface area contributed by atoms with Gasteiger partial charge in [-0.25, -0.2) is 0 Å². The molecule has 0 bridgehead atoms. The minimum atomic E-state index is -0.672. The molecule has 0 amide bonds. The number of carboxylic acids is 1. The number of aliphatic carboxylic acids is 1. The van der Waals surface area contributed by atoms with Crippen LogP contribution in [0.3, 0.4) is 0 Å². The molecule has 64 valence electrons. The Morgan fingerprint density at radius 3 is 3.25 bits per heavy atom. The number of allylic oxidation sites excluding steroid dienone is 2. The van der Waals surface area contributed by atoms with E-state index >= 15 is 0 Å². The van der Waals surface area contributed by atoms with E-state index in [1.807, 2.05) is 6.08 Å². The van der Waals surface area contributed by atoms with Gasteiger partial charge in [0.05, 0.1) is 5.92 Å². The lowest BCUT2D eigenvalue weighted by atomic mass is 9.90. The summed E-state index contributed by atoms with van der Waals surface area (Å²) in [4.78, 5) is 12.0. The zero-order valence-corrected chi connectivity index (χ0v) is 7.43. The first kappa shape index (κ1) is 7.92. The molecule has 0 fully saturated rings. The maximum absolute atomic E-state index is 10.8. The number of thioether (sulfide) groups is 1. The third kappa shape index (κ3) is 1.18. The Morgan fingerprint density at radius 1 is 1.67 bits per heavy atom. The van der Waals surface area contributed by atoms with Gasteiger partial charge in [0.2, 0.25) is 0 Å². The highest BCUT2D eigenvalue weighted by Crippen LogP contribution is 2.40. The van der Waals surface area contributed by atoms with Crippen molar-refractivity contribution in [1.29, 1.82) is 0 Å². The molecule has 0 aromatic rings. The number of hydrogen-bond acceptors (Lipinski definition) is 2. The van der Waals surface area contributed by atoms with Crippen molar-refractivity contribution in [3.8, 4) is 0 Å². The van der Waals surface area contributed by atoms with Crippen LogP contribution in [-0.2, 0) is 4.79 Å². The number of rotatable bonds is 1. The topological polar surface area (TPSA) is 37.3 Å². The molecule has 1 heterocycles. The standard InChI is InChI=1S/C9H10O2S/c10-9(11)7-2-1-3-8-6(7)4-5-12-8/h1,3,7H,2,4-5H2,(H,10,11). The number of carboxylic acid groups (broad SMARTS) is 1. The van der Waals surface area contributed by atoms with Crippen LogP contribution in [0.5, 0.6) is 0 Å². The Kier molecular flexibility index (Phi) is 1.97. The van der Waals surface area contributed by atoms with Crippen LogP contribution in [0.2, 0.25) is 0 Å². The molecule has 2 nitrogen and oxygen atoms in total. The monoisotopic (exact) mass is 182 g/mol. The summed E-state index contributed by atoms with van der Waals surface area (Å²) < 4.78 is 0. The lowest BCUT2D eigenvalue weighted by Gasteiger charge is -2.15. The van der Waals surface area contributed by atoms with Crippen LogP contribution in [0.25, 0.3) is 0 Å². The third-order valence-electron chi connectivity index (χ3n) is 2.31. The van der Waals surface area contributed by atoms with Crippen molar-refractivity contribution in [3.63, 3.8) is 0 Å². The zero-order chi connectivity index (χ0) is 8.55. The van der Waals surface area contributed by atoms with Crippen LogP contribution in [0.15, 0.2) is 22.6 Å². The van der Waals surface area contributed by atoms with E-state index < -0.39 is 5.97 Å². The van der Waals surface area contributed by atoms with Gasteiger partial charge in [0, 0.05) is 10.7 Å². The Morgan fingerprint density at radius 2 is 2.50 bits per heavy atom. The van der Waals surface area contributed by atoms with Gasteiger partial charge in [-0.3, -0.25) is 4.79 Å². The fourth-order valence-electron chi connectivity index (χ4n) is 1.69. The fourth-order valence-corrected chi connectivity index (χ4v) is 2.86. The highest BCUT2D eigenvalue weighted by atomic mass is 32.2. The molecule has 3 heteroatoms. The molecule has 1 aliphatic carbocycles. The highest BCUT2D eigenvalue weighted by molar-refractivity contribution is 8.03. The van der Waals surface area contributed by atoms with Gasteiger partial charge in [0.1, 0.15) is 0 Å². The molecule has 0 saturated carbocycles. The van der Waals surface area contributed by atoms with E-state index in [-0.39, 0.29) is 5.92 Å². The molecule has 12 heavy (non-hydrogen) atoms. The Labute approximate surface area is 75.3 Å². The first-order valence-corrected chi connectivity index (χ1v) is 5.03. The smallest absolute Gasteiger partial charge is 0.310 e. The summed E-state index contributed by atoms with van der Waals surface area (Å²) in [5, 5.41) is 8.91. The van der Waals surface area contributed by atoms with E-state index in [0.717, 1.165) is 17.7 Å². The Hall–Kier alpha value is -0.700. The van der Waals surface area contributed by atoms with Crippen LogP contribution in [0.4, 0.5) is 0 Å². The molecule has 1 aliphatic heterocycles. The van der Waals surface area contributed by atoms with Gasteiger partial charge in [0.25, 0.3) is 0 Å². The summed E-state index contributed by atoms with van der Waals surface area (Å²) in [6, 6.07) is 0. The van der Waals surface area contributed by atoms with Gasteiger partial charge < -0.3 is 5.11 Å². The molecule has 1 atom stereocenters. The van der Waals surface area contributed by atoms with Crippen molar-refractivity contribution >= 4 is 17.7 Å². The van der Waals surface area contributed by atoms with Gasteiger partial charge in [-0.2, -0.15) is 0 Å². The lowest BCUT2D eigenvalue weighted by Crippen LogP contribution is -2.17. The van der Waals surface area contributed by atoms with Gasteiger partial charge in [-0.15, -0.1) is 11.8 Å². The number of carbonyl (C=O) groups is 1. The summed E-state index contributed by atoms with van der Waals surface area (Å²) in [6.07, 6.45) is 5.67. The van der Waals surface area contributed by atoms with E-state index in [1.54, 1.807) is 11.8 Å². The van der Waals surface area contributed by atoms with Crippen molar-refractivity contribution in [2.45, 2.75) is 12.8 Å². The Balaban J connectivity index is 2.29. The van der Waals surface area contributed by atoms with Gasteiger partial charge in [-0.1, -0.05) is 12.2 Å². The normalized spacial score (nSPS) is 27.5.